The second kappa shape index (κ2) is 7.50. The molecule has 2 rings (SSSR count). The molecule has 0 amide bonds. The summed E-state index contributed by atoms with van der Waals surface area (Å²) in [4.78, 5) is 11.5. The largest absolute Gasteiger partial charge is 0.508 e. The topological polar surface area (TPSA) is 66.8 Å². The number of hydrogen-bond donors (Lipinski definition) is 2. The van der Waals surface area contributed by atoms with Gasteiger partial charge in [0.2, 0.25) is 0 Å². The molecule has 0 radical (unpaired) electrons. The van der Waals surface area contributed by atoms with Crippen LogP contribution in [0.5, 0.6) is 11.5 Å². The molecule has 0 saturated carbocycles. The summed E-state index contributed by atoms with van der Waals surface area (Å²) in [7, 11) is 0. The summed E-state index contributed by atoms with van der Waals surface area (Å²) in [6, 6.07) is 13.9. The van der Waals surface area contributed by atoms with Gasteiger partial charge in [0.15, 0.2) is 0 Å². The van der Waals surface area contributed by atoms with Crippen molar-refractivity contribution in [2.24, 2.45) is 0 Å². The molecule has 4 nitrogen and oxygen atoms in total. The summed E-state index contributed by atoms with van der Waals surface area (Å²) in [5, 5.41) is 19.0. The Labute approximate surface area is 130 Å². The van der Waals surface area contributed by atoms with Gasteiger partial charge in [-0.25, -0.2) is 0 Å². The van der Waals surface area contributed by atoms with E-state index in [4.69, 9.17) is 4.74 Å². The highest BCUT2D eigenvalue weighted by Crippen LogP contribution is 2.25. The first kappa shape index (κ1) is 15.9. The summed E-state index contributed by atoms with van der Waals surface area (Å²) in [6.07, 6.45) is 1.31. The first-order valence-electron chi connectivity index (χ1n) is 7.33. The molecule has 4 heteroatoms. The van der Waals surface area contributed by atoms with Crippen LogP contribution in [0.3, 0.4) is 0 Å². The number of ether oxygens (including phenoxy) is 1. The number of benzene rings is 2. The van der Waals surface area contributed by atoms with E-state index in [2.05, 4.69) is 0 Å². The van der Waals surface area contributed by atoms with Crippen molar-refractivity contribution in [3.63, 3.8) is 0 Å². The van der Waals surface area contributed by atoms with Gasteiger partial charge in [-0.3, -0.25) is 4.79 Å². The monoisotopic (exact) mass is 300 g/mol. The molecule has 0 bridgehead atoms. The van der Waals surface area contributed by atoms with Crippen LogP contribution in [0.4, 0.5) is 0 Å². The Balaban J connectivity index is 2.13. The molecule has 0 fully saturated rings. The van der Waals surface area contributed by atoms with Crippen LogP contribution in [-0.4, -0.2) is 22.8 Å². The van der Waals surface area contributed by atoms with Gasteiger partial charge in [0.1, 0.15) is 11.5 Å². The minimum absolute atomic E-state index is 0.0760. The Kier molecular flexibility index (Phi) is 5.42. The van der Waals surface area contributed by atoms with Gasteiger partial charge in [0.05, 0.1) is 12.5 Å². The standard InChI is InChI=1S/C18H20O4/c1-2-10-22-16-8-6-13(7-9-16)11-17(18(20)21)14-4-3-5-15(19)12-14/h3-9,12,17,19H,2,10-11H2,1H3,(H,20,21). The number of carboxylic acids is 1. The van der Waals surface area contributed by atoms with Crippen molar-refractivity contribution >= 4 is 5.97 Å². The predicted molar refractivity (Wildman–Crippen MR) is 84.4 cm³/mol. The number of carbonyl (C=O) groups is 1. The number of carboxylic acid groups (broad SMARTS) is 1. The van der Waals surface area contributed by atoms with Crippen molar-refractivity contribution in [3.05, 3.63) is 59.7 Å². The molecule has 2 aromatic rings. The smallest absolute Gasteiger partial charge is 0.311 e. The van der Waals surface area contributed by atoms with Crippen LogP contribution in [-0.2, 0) is 11.2 Å². The molecular weight excluding hydrogens is 280 g/mol. The molecule has 0 heterocycles. The number of aliphatic carboxylic acids is 1. The Bertz CT molecular complexity index is 619. The lowest BCUT2D eigenvalue weighted by atomic mass is 9.92. The molecule has 0 aliphatic heterocycles. The van der Waals surface area contributed by atoms with Crippen LogP contribution < -0.4 is 4.74 Å². The average Bonchev–Trinajstić information content (AvgIpc) is 2.51. The predicted octanol–water partition coefficient (Wildman–Crippen LogP) is 3.59. The second-order valence-corrected chi connectivity index (χ2v) is 5.18. The highest BCUT2D eigenvalue weighted by atomic mass is 16.5. The van der Waals surface area contributed by atoms with Crippen molar-refractivity contribution in [2.75, 3.05) is 6.61 Å². The summed E-state index contributed by atoms with van der Waals surface area (Å²) >= 11 is 0. The van der Waals surface area contributed by atoms with E-state index >= 15 is 0 Å². The maximum absolute atomic E-state index is 11.5. The maximum Gasteiger partial charge on any atom is 0.311 e. The molecule has 1 unspecified atom stereocenters. The third-order valence-corrected chi connectivity index (χ3v) is 3.41. The zero-order chi connectivity index (χ0) is 15.9. The Morgan fingerprint density at radius 1 is 1.18 bits per heavy atom. The van der Waals surface area contributed by atoms with Gasteiger partial charge in [-0.05, 0) is 48.2 Å². The molecule has 116 valence electrons. The number of hydrogen-bond acceptors (Lipinski definition) is 3. The Morgan fingerprint density at radius 3 is 2.50 bits per heavy atom. The van der Waals surface area contributed by atoms with Gasteiger partial charge >= 0.3 is 5.97 Å². The lowest BCUT2D eigenvalue weighted by molar-refractivity contribution is -0.138. The van der Waals surface area contributed by atoms with Crippen molar-refractivity contribution in [1.29, 1.82) is 0 Å². The van der Waals surface area contributed by atoms with Gasteiger partial charge < -0.3 is 14.9 Å². The molecule has 2 aromatic carbocycles. The Hall–Kier alpha value is -2.49. The fourth-order valence-corrected chi connectivity index (χ4v) is 2.27. The zero-order valence-electron chi connectivity index (χ0n) is 12.5. The molecule has 0 aromatic heterocycles. The van der Waals surface area contributed by atoms with Crippen molar-refractivity contribution in [1.82, 2.24) is 0 Å². The van der Waals surface area contributed by atoms with E-state index in [1.165, 1.54) is 12.1 Å². The molecule has 22 heavy (non-hydrogen) atoms. The minimum Gasteiger partial charge on any atom is -0.508 e. The first-order valence-corrected chi connectivity index (χ1v) is 7.33. The lowest BCUT2D eigenvalue weighted by Crippen LogP contribution is -2.14. The van der Waals surface area contributed by atoms with Crippen molar-refractivity contribution in [3.8, 4) is 11.5 Å². The van der Waals surface area contributed by atoms with Crippen LogP contribution in [0, 0.1) is 0 Å². The van der Waals surface area contributed by atoms with E-state index in [0.29, 0.717) is 18.6 Å². The van der Waals surface area contributed by atoms with Gasteiger partial charge in [-0.1, -0.05) is 31.2 Å². The molecule has 0 saturated heterocycles. The summed E-state index contributed by atoms with van der Waals surface area (Å²) in [6.45, 7) is 2.71. The van der Waals surface area contributed by atoms with E-state index in [1.807, 2.05) is 31.2 Å². The SMILES string of the molecule is CCCOc1ccc(CC(C(=O)O)c2cccc(O)c2)cc1. The van der Waals surface area contributed by atoms with E-state index in [1.54, 1.807) is 12.1 Å². The third-order valence-electron chi connectivity index (χ3n) is 3.41. The van der Waals surface area contributed by atoms with Crippen LogP contribution in [0.15, 0.2) is 48.5 Å². The molecule has 0 spiro atoms. The van der Waals surface area contributed by atoms with Crippen molar-refractivity contribution in [2.45, 2.75) is 25.7 Å². The van der Waals surface area contributed by atoms with Crippen LogP contribution in [0.1, 0.15) is 30.4 Å². The highest BCUT2D eigenvalue weighted by Gasteiger charge is 2.20. The third kappa shape index (κ3) is 4.25. The van der Waals surface area contributed by atoms with Crippen LogP contribution in [0.25, 0.3) is 0 Å². The fourth-order valence-electron chi connectivity index (χ4n) is 2.27. The molecule has 2 N–H and O–H groups in total. The number of aromatic hydroxyl groups is 1. The quantitative estimate of drug-likeness (QED) is 0.820. The van der Waals surface area contributed by atoms with Crippen molar-refractivity contribution < 1.29 is 19.7 Å². The molecule has 0 aliphatic carbocycles. The van der Waals surface area contributed by atoms with E-state index < -0.39 is 11.9 Å². The molecular formula is C18H20O4. The normalized spacial score (nSPS) is 11.9. The van der Waals surface area contributed by atoms with E-state index in [9.17, 15) is 15.0 Å². The van der Waals surface area contributed by atoms with E-state index in [0.717, 1.165) is 17.7 Å². The molecule has 0 aliphatic rings. The van der Waals surface area contributed by atoms with Gasteiger partial charge in [0, 0.05) is 0 Å². The second-order valence-electron chi connectivity index (χ2n) is 5.18. The number of phenolic OH excluding ortho intramolecular Hbond substituents is 1. The minimum atomic E-state index is -0.906. The van der Waals surface area contributed by atoms with Gasteiger partial charge in [-0.15, -0.1) is 0 Å². The number of phenols is 1. The number of rotatable bonds is 7. The average molecular weight is 300 g/mol. The first-order chi connectivity index (χ1) is 10.6. The summed E-state index contributed by atoms with van der Waals surface area (Å²) in [5.74, 6) is -0.728. The maximum atomic E-state index is 11.5. The molecule has 1 atom stereocenters. The lowest BCUT2D eigenvalue weighted by Gasteiger charge is -2.14. The van der Waals surface area contributed by atoms with E-state index in [-0.39, 0.29) is 5.75 Å². The zero-order valence-corrected chi connectivity index (χ0v) is 12.5. The van der Waals surface area contributed by atoms with Crippen LogP contribution in [0.2, 0.25) is 0 Å². The summed E-state index contributed by atoms with van der Waals surface area (Å²) < 4.78 is 5.51. The Morgan fingerprint density at radius 2 is 1.91 bits per heavy atom. The fraction of sp³-hybridized carbons (Fsp3) is 0.278. The van der Waals surface area contributed by atoms with Gasteiger partial charge in [0.25, 0.3) is 0 Å². The van der Waals surface area contributed by atoms with Crippen LogP contribution >= 0.6 is 0 Å². The highest BCUT2D eigenvalue weighted by molar-refractivity contribution is 5.76. The summed E-state index contributed by atoms with van der Waals surface area (Å²) in [5.41, 5.74) is 1.51. The van der Waals surface area contributed by atoms with Gasteiger partial charge in [-0.2, -0.15) is 0 Å².